The Kier molecular flexibility index (Phi) is 4.88. The largest absolute Gasteiger partial charge is 0.347 e. The minimum atomic E-state index is -0.476. The highest BCUT2D eigenvalue weighted by molar-refractivity contribution is 5.90. The van der Waals surface area contributed by atoms with Crippen LogP contribution in [0.1, 0.15) is 34.4 Å². The van der Waals surface area contributed by atoms with E-state index in [-0.39, 0.29) is 6.03 Å². The molecule has 3 heterocycles. The van der Waals surface area contributed by atoms with E-state index in [1.54, 1.807) is 35.5 Å². The van der Waals surface area contributed by atoms with Gasteiger partial charge in [0.15, 0.2) is 0 Å². The van der Waals surface area contributed by atoms with Crippen molar-refractivity contribution < 1.29 is 9.32 Å². The number of anilines is 1. The summed E-state index contributed by atoms with van der Waals surface area (Å²) in [6.45, 7) is 2.31. The Labute approximate surface area is 183 Å². The summed E-state index contributed by atoms with van der Waals surface area (Å²) in [6, 6.07) is 15.9. The smallest absolute Gasteiger partial charge is 0.322 e. The number of carbonyl (C=O) groups excluding carboxylic acids is 1. The molecule has 4 aromatic rings. The molecule has 158 valence electrons. The highest BCUT2D eigenvalue weighted by atomic mass is 16.5. The summed E-state index contributed by atoms with van der Waals surface area (Å²) in [5.74, 6) is 0.815. The van der Waals surface area contributed by atoms with E-state index in [1.165, 1.54) is 0 Å². The SMILES string of the molecule is Cc1cccc(-c2noc([C@@H]3Cc4nc[nH]c4CN3C(=O)Nc3cccc(C#N)c3)n2)c1. The zero-order chi connectivity index (χ0) is 22.1. The van der Waals surface area contributed by atoms with Gasteiger partial charge in [0.25, 0.3) is 0 Å². The number of fused-ring (bicyclic) bond motifs is 1. The Morgan fingerprint density at radius 3 is 3.00 bits per heavy atom. The summed E-state index contributed by atoms with van der Waals surface area (Å²) in [6.07, 6.45) is 2.06. The van der Waals surface area contributed by atoms with Crippen LogP contribution < -0.4 is 5.32 Å². The molecule has 1 aliphatic rings. The van der Waals surface area contributed by atoms with E-state index in [2.05, 4.69) is 31.5 Å². The van der Waals surface area contributed by atoms with Crippen molar-refractivity contribution in [1.82, 2.24) is 25.0 Å². The highest BCUT2D eigenvalue weighted by Gasteiger charge is 2.36. The number of carbonyl (C=O) groups is 1. The number of rotatable bonds is 3. The molecule has 0 spiro atoms. The first-order valence-electron chi connectivity index (χ1n) is 10.1. The number of nitrogens with zero attached hydrogens (tertiary/aromatic N) is 5. The highest BCUT2D eigenvalue weighted by Crippen LogP contribution is 2.32. The molecule has 1 aliphatic heterocycles. The van der Waals surface area contributed by atoms with Crippen LogP contribution in [0.25, 0.3) is 11.4 Å². The lowest BCUT2D eigenvalue weighted by Gasteiger charge is -2.32. The number of amides is 2. The van der Waals surface area contributed by atoms with Crippen LogP contribution in [-0.4, -0.2) is 31.0 Å². The van der Waals surface area contributed by atoms with Crippen molar-refractivity contribution in [2.45, 2.75) is 25.9 Å². The third kappa shape index (κ3) is 3.70. The van der Waals surface area contributed by atoms with Gasteiger partial charge >= 0.3 is 6.03 Å². The second kappa shape index (κ2) is 8.00. The van der Waals surface area contributed by atoms with Crippen molar-refractivity contribution in [3.8, 4) is 17.5 Å². The normalized spacial score (nSPS) is 15.1. The minimum Gasteiger partial charge on any atom is -0.347 e. The first-order valence-corrected chi connectivity index (χ1v) is 10.1. The van der Waals surface area contributed by atoms with Crippen molar-refractivity contribution in [3.05, 3.63) is 83.3 Å². The average Bonchev–Trinajstić information content (AvgIpc) is 3.47. The molecular weight excluding hydrogens is 406 g/mol. The molecule has 2 aromatic heterocycles. The van der Waals surface area contributed by atoms with Crippen LogP contribution in [0, 0.1) is 18.3 Å². The Hall–Kier alpha value is -4.45. The molecule has 9 nitrogen and oxygen atoms in total. The number of hydrogen-bond acceptors (Lipinski definition) is 6. The average molecular weight is 425 g/mol. The van der Waals surface area contributed by atoms with E-state index in [0.717, 1.165) is 22.5 Å². The number of imidazole rings is 1. The van der Waals surface area contributed by atoms with Gasteiger partial charge in [-0.1, -0.05) is 35.0 Å². The summed E-state index contributed by atoms with van der Waals surface area (Å²) < 4.78 is 5.59. The predicted molar refractivity (Wildman–Crippen MR) is 115 cm³/mol. The zero-order valence-corrected chi connectivity index (χ0v) is 17.2. The molecule has 32 heavy (non-hydrogen) atoms. The minimum absolute atomic E-state index is 0.311. The first kappa shape index (κ1) is 19.5. The molecule has 0 aliphatic carbocycles. The molecule has 9 heteroatoms. The van der Waals surface area contributed by atoms with Crippen molar-refractivity contribution in [2.75, 3.05) is 5.32 Å². The fourth-order valence-electron chi connectivity index (χ4n) is 3.80. The molecule has 0 bridgehead atoms. The van der Waals surface area contributed by atoms with Gasteiger partial charge < -0.3 is 19.7 Å². The van der Waals surface area contributed by atoms with Crippen LogP contribution in [-0.2, 0) is 13.0 Å². The summed E-state index contributed by atoms with van der Waals surface area (Å²) in [4.78, 5) is 26.9. The van der Waals surface area contributed by atoms with Gasteiger partial charge in [-0.05, 0) is 31.2 Å². The fourth-order valence-corrected chi connectivity index (χ4v) is 3.80. The number of nitriles is 1. The van der Waals surface area contributed by atoms with Crippen molar-refractivity contribution >= 4 is 11.7 Å². The molecular formula is C23H19N7O2. The topological polar surface area (TPSA) is 124 Å². The molecule has 2 amide bonds. The van der Waals surface area contributed by atoms with E-state index in [9.17, 15) is 4.79 Å². The molecule has 0 fully saturated rings. The number of benzene rings is 2. The Morgan fingerprint density at radius 2 is 2.16 bits per heavy atom. The maximum Gasteiger partial charge on any atom is 0.322 e. The zero-order valence-electron chi connectivity index (χ0n) is 17.2. The fraction of sp³-hybridized carbons (Fsp3) is 0.174. The van der Waals surface area contributed by atoms with Gasteiger partial charge in [0, 0.05) is 17.7 Å². The van der Waals surface area contributed by atoms with E-state index >= 15 is 0 Å². The molecule has 2 aromatic carbocycles. The molecule has 1 atom stereocenters. The first-order chi connectivity index (χ1) is 15.6. The Bertz CT molecular complexity index is 1330. The van der Waals surface area contributed by atoms with Crippen LogP contribution in [0.3, 0.4) is 0 Å². The quantitative estimate of drug-likeness (QED) is 0.512. The van der Waals surface area contributed by atoms with Gasteiger partial charge in [-0.2, -0.15) is 10.2 Å². The van der Waals surface area contributed by atoms with Crippen LogP contribution in [0.2, 0.25) is 0 Å². The summed E-state index contributed by atoms with van der Waals surface area (Å²) in [5.41, 5.74) is 4.66. The van der Waals surface area contributed by atoms with Gasteiger partial charge in [-0.15, -0.1) is 0 Å². The van der Waals surface area contributed by atoms with Crippen LogP contribution >= 0.6 is 0 Å². The van der Waals surface area contributed by atoms with E-state index < -0.39 is 6.04 Å². The number of aromatic nitrogens is 4. The monoisotopic (exact) mass is 425 g/mol. The van der Waals surface area contributed by atoms with Crippen LogP contribution in [0.4, 0.5) is 10.5 Å². The molecule has 0 unspecified atom stereocenters. The van der Waals surface area contributed by atoms with E-state index in [1.807, 2.05) is 31.2 Å². The molecule has 0 saturated carbocycles. The maximum absolute atomic E-state index is 13.2. The van der Waals surface area contributed by atoms with Crippen molar-refractivity contribution in [3.63, 3.8) is 0 Å². The van der Waals surface area contributed by atoms with Gasteiger partial charge in [0.1, 0.15) is 6.04 Å². The lowest BCUT2D eigenvalue weighted by atomic mass is 10.0. The van der Waals surface area contributed by atoms with Crippen molar-refractivity contribution in [2.24, 2.45) is 0 Å². The Balaban J connectivity index is 1.45. The molecule has 0 radical (unpaired) electrons. The van der Waals surface area contributed by atoms with Gasteiger partial charge in [0.2, 0.25) is 11.7 Å². The number of hydrogen-bond donors (Lipinski definition) is 2. The van der Waals surface area contributed by atoms with Crippen LogP contribution in [0.15, 0.2) is 59.4 Å². The predicted octanol–water partition coefficient (Wildman–Crippen LogP) is 3.97. The van der Waals surface area contributed by atoms with Gasteiger partial charge in [-0.3, -0.25) is 0 Å². The third-order valence-electron chi connectivity index (χ3n) is 5.41. The van der Waals surface area contributed by atoms with E-state index in [4.69, 9.17) is 9.78 Å². The Morgan fingerprint density at radius 1 is 1.28 bits per heavy atom. The number of aromatic amines is 1. The maximum atomic E-state index is 13.2. The molecule has 5 rings (SSSR count). The number of aryl methyl sites for hydroxylation is 1. The molecule has 0 saturated heterocycles. The second-order valence-corrected chi connectivity index (χ2v) is 7.62. The van der Waals surface area contributed by atoms with Gasteiger partial charge in [0.05, 0.1) is 35.9 Å². The summed E-state index contributed by atoms with van der Waals surface area (Å²) >= 11 is 0. The lowest BCUT2D eigenvalue weighted by Crippen LogP contribution is -2.41. The summed E-state index contributed by atoms with van der Waals surface area (Å²) in [5, 5.41) is 16.1. The number of nitrogens with one attached hydrogen (secondary N) is 2. The van der Waals surface area contributed by atoms with Gasteiger partial charge in [-0.25, -0.2) is 9.78 Å². The van der Waals surface area contributed by atoms with Crippen molar-refractivity contribution in [1.29, 1.82) is 5.26 Å². The van der Waals surface area contributed by atoms with E-state index in [0.29, 0.717) is 35.9 Å². The standard InChI is InChI=1S/C23H19N7O2/c1-14-4-2-6-16(8-14)21-28-22(32-29-21)20-10-18-19(26-13-25-18)12-30(20)23(31)27-17-7-3-5-15(9-17)11-24/h2-9,13,20H,10,12H2,1H3,(H,25,26)(H,27,31)/t20-/m0/s1. The lowest BCUT2D eigenvalue weighted by molar-refractivity contribution is 0.155. The third-order valence-corrected chi connectivity index (χ3v) is 5.41. The number of H-pyrrole nitrogens is 1. The van der Waals surface area contributed by atoms with Crippen LogP contribution in [0.5, 0.6) is 0 Å². The number of urea groups is 1. The summed E-state index contributed by atoms with van der Waals surface area (Å²) in [7, 11) is 0. The molecule has 2 N–H and O–H groups in total. The second-order valence-electron chi connectivity index (χ2n) is 7.62.